The van der Waals surface area contributed by atoms with Crippen LogP contribution in [0, 0.1) is 6.92 Å². The van der Waals surface area contributed by atoms with Crippen LogP contribution in [0.2, 0.25) is 0 Å². The topological polar surface area (TPSA) is 114 Å². The highest BCUT2D eigenvalue weighted by Gasteiger charge is 2.41. The lowest BCUT2D eigenvalue weighted by atomic mass is 10.1. The summed E-state index contributed by atoms with van der Waals surface area (Å²) in [7, 11) is -5.41. The molecule has 1 unspecified atom stereocenters. The monoisotopic (exact) mass is 467 g/mol. The van der Waals surface area contributed by atoms with E-state index in [1.165, 1.54) is 4.31 Å². The Morgan fingerprint density at radius 1 is 1.16 bits per heavy atom. The van der Waals surface area contributed by atoms with Gasteiger partial charge in [-0.3, -0.25) is 9.78 Å². The maximum Gasteiger partial charge on any atom is 0.255 e. The van der Waals surface area contributed by atoms with Crippen LogP contribution in [-0.4, -0.2) is 87.0 Å². The van der Waals surface area contributed by atoms with Crippen molar-refractivity contribution in [2.75, 3.05) is 44.8 Å². The van der Waals surface area contributed by atoms with Crippen LogP contribution in [0.1, 0.15) is 22.5 Å². The van der Waals surface area contributed by atoms with Gasteiger partial charge in [0.1, 0.15) is 5.75 Å². The molecule has 1 amide bonds. The third-order valence-corrected chi connectivity index (χ3v) is 10.3. The van der Waals surface area contributed by atoms with E-state index >= 15 is 0 Å². The Hall–Kier alpha value is -2.24. The van der Waals surface area contributed by atoms with Crippen LogP contribution < -0.4 is 4.74 Å². The molecule has 0 bridgehead atoms. The molecule has 2 aromatic rings. The van der Waals surface area contributed by atoms with Gasteiger partial charge in [0.15, 0.2) is 9.84 Å². The van der Waals surface area contributed by atoms with Gasteiger partial charge in [-0.25, -0.2) is 16.8 Å². The third kappa shape index (κ3) is 4.26. The van der Waals surface area contributed by atoms with E-state index in [-0.39, 0.29) is 50.0 Å². The summed E-state index contributed by atoms with van der Waals surface area (Å²) in [6, 6.07) is 7.26. The van der Waals surface area contributed by atoms with E-state index in [2.05, 4.69) is 4.98 Å². The van der Waals surface area contributed by atoms with E-state index in [0.29, 0.717) is 17.0 Å². The lowest BCUT2D eigenvalue weighted by Crippen LogP contribution is -2.52. The average Bonchev–Trinajstić information content (AvgIpc) is 3.13. The quantitative estimate of drug-likeness (QED) is 0.654. The van der Waals surface area contributed by atoms with Crippen LogP contribution in [0.5, 0.6) is 5.75 Å². The lowest BCUT2D eigenvalue weighted by molar-refractivity contribution is 0.0696. The Morgan fingerprint density at radius 2 is 1.87 bits per heavy atom. The number of aryl methyl sites for hydroxylation is 1. The summed E-state index contributed by atoms with van der Waals surface area (Å²) in [5, 5.41) is -0.0675. The molecular weight excluding hydrogens is 442 g/mol. The van der Waals surface area contributed by atoms with Crippen molar-refractivity contribution >= 4 is 36.7 Å². The van der Waals surface area contributed by atoms with Crippen molar-refractivity contribution in [3.05, 3.63) is 35.5 Å². The third-order valence-electron chi connectivity index (χ3n) is 5.94. The van der Waals surface area contributed by atoms with Gasteiger partial charge in [-0.05, 0) is 31.5 Å². The summed E-state index contributed by atoms with van der Waals surface area (Å²) in [5.41, 5.74) is 1.81. The molecule has 168 valence electrons. The van der Waals surface area contributed by atoms with E-state index in [4.69, 9.17) is 4.74 Å². The highest BCUT2D eigenvalue weighted by molar-refractivity contribution is 7.95. The number of amides is 1. The minimum atomic E-state index is -3.70. The van der Waals surface area contributed by atoms with Gasteiger partial charge in [0.2, 0.25) is 10.0 Å². The number of carbonyl (C=O) groups excluding carboxylic acids is 1. The van der Waals surface area contributed by atoms with E-state index < -0.39 is 25.1 Å². The molecule has 2 saturated heterocycles. The molecular formula is C20H25N3O6S2. The van der Waals surface area contributed by atoms with Gasteiger partial charge in [0.05, 0.1) is 40.6 Å². The van der Waals surface area contributed by atoms with Crippen molar-refractivity contribution < 1.29 is 26.4 Å². The first-order valence-electron chi connectivity index (χ1n) is 10.0. The molecule has 0 radical (unpaired) electrons. The van der Waals surface area contributed by atoms with Crippen LogP contribution in [0.4, 0.5) is 0 Å². The Labute approximate surface area is 182 Å². The average molecular weight is 468 g/mol. The second-order valence-electron chi connectivity index (χ2n) is 7.94. The Kier molecular flexibility index (Phi) is 5.69. The molecule has 1 atom stereocenters. The fourth-order valence-electron chi connectivity index (χ4n) is 4.11. The van der Waals surface area contributed by atoms with E-state index in [0.717, 1.165) is 10.9 Å². The van der Waals surface area contributed by atoms with E-state index in [1.807, 2.05) is 12.1 Å². The molecule has 2 aliphatic heterocycles. The molecule has 3 heterocycles. The number of benzene rings is 1. The van der Waals surface area contributed by atoms with Crippen LogP contribution in [0.15, 0.2) is 24.3 Å². The van der Waals surface area contributed by atoms with Gasteiger partial charge in [-0.1, -0.05) is 0 Å². The predicted octanol–water partition coefficient (Wildman–Crippen LogP) is 0.827. The number of aromatic nitrogens is 1. The number of ether oxygens (including phenoxy) is 1. The maximum atomic E-state index is 13.1. The van der Waals surface area contributed by atoms with Crippen molar-refractivity contribution in [1.82, 2.24) is 14.2 Å². The molecule has 1 aromatic heterocycles. The van der Waals surface area contributed by atoms with Gasteiger partial charge in [0, 0.05) is 37.6 Å². The largest absolute Gasteiger partial charge is 0.497 e. The van der Waals surface area contributed by atoms with Crippen LogP contribution in [-0.2, 0) is 19.9 Å². The zero-order valence-corrected chi connectivity index (χ0v) is 19.1. The smallest absolute Gasteiger partial charge is 0.255 e. The van der Waals surface area contributed by atoms with Crippen LogP contribution >= 0.6 is 0 Å². The minimum absolute atomic E-state index is 0.0878. The normalized spacial score (nSPS) is 22.0. The number of nitrogens with zero attached hydrogens (tertiary/aromatic N) is 3. The summed E-state index contributed by atoms with van der Waals surface area (Å²) >= 11 is 0. The van der Waals surface area contributed by atoms with E-state index in [9.17, 15) is 21.6 Å². The first-order valence-corrected chi connectivity index (χ1v) is 13.4. The molecule has 0 saturated carbocycles. The summed E-state index contributed by atoms with van der Waals surface area (Å²) in [6.45, 7) is 2.58. The minimum Gasteiger partial charge on any atom is -0.497 e. The molecule has 11 heteroatoms. The second-order valence-corrected chi connectivity index (χ2v) is 12.4. The van der Waals surface area contributed by atoms with Crippen molar-refractivity contribution in [1.29, 1.82) is 0 Å². The highest BCUT2D eigenvalue weighted by Crippen LogP contribution is 2.25. The Bertz CT molecular complexity index is 1240. The number of fused-ring (bicyclic) bond motifs is 1. The Balaban J connectivity index is 1.48. The molecule has 0 N–H and O–H groups in total. The number of pyridine rings is 1. The predicted molar refractivity (Wildman–Crippen MR) is 116 cm³/mol. The zero-order valence-electron chi connectivity index (χ0n) is 17.4. The first kappa shape index (κ1) is 22.0. The summed E-state index contributed by atoms with van der Waals surface area (Å²) in [6.07, 6.45) is 0.135. The van der Waals surface area contributed by atoms with Crippen LogP contribution in [0.25, 0.3) is 10.9 Å². The van der Waals surface area contributed by atoms with Crippen molar-refractivity contribution in [2.45, 2.75) is 18.6 Å². The number of rotatable bonds is 4. The van der Waals surface area contributed by atoms with Gasteiger partial charge in [0.25, 0.3) is 5.91 Å². The fourth-order valence-corrected chi connectivity index (χ4v) is 8.62. The lowest BCUT2D eigenvalue weighted by Gasteiger charge is -2.35. The SMILES string of the molecule is COc1ccc2cc(C(=O)N3CCN(S(=O)(=O)C4CCS(=O)(=O)C4)CC3)c(C)nc2c1. The van der Waals surface area contributed by atoms with Crippen molar-refractivity contribution in [3.8, 4) is 5.75 Å². The number of sulfonamides is 1. The maximum absolute atomic E-state index is 13.1. The Morgan fingerprint density at radius 3 is 2.48 bits per heavy atom. The first-order chi connectivity index (χ1) is 14.6. The zero-order chi connectivity index (χ0) is 22.4. The molecule has 4 rings (SSSR count). The summed E-state index contributed by atoms with van der Waals surface area (Å²) in [5.74, 6) is 0.0884. The van der Waals surface area contributed by atoms with Crippen molar-refractivity contribution in [2.24, 2.45) is 0 Å². The molecule has 0 aliphatic carbocycles. The molecule has 9 nitrogen and oxygen atoms in total. The highest BCUT2D eigenvalue weighted by atomic mass is 32.2. The molecule has 2 aliphatic rings. The van der Waals surface area contributed by atoms with Crippen LogP contribution in [0.3, 0.4) is 0 Å². The standard InChI is InChI=1S/C20H25N3O6S2/c1-14-18(11-15-3-4-16(29-2)12-19(15)21-14)20(24)22-6-8-23(9-7-22)31(27,28)17-5-10-30(25,26)13-17/h3-4,11-12,17H,5-10,13H2,1-2H3. The number of carbonyl (C=O) groups is 1. The second kappa shape index (κ2) is 8.03. The van der Waals surface area contributed by atoms with Gasteiger partial charge in [-0.15, -0.1) is 0 Å². The van der Waals surface area contributed by atoms with Gasteiger partial charge >= 0.3 is 0 Å². The number of methoxy groups -OCH3 is 1. The number of hydrogen-bond donors (Lipinski definition) is 0. The molecule has 2 fully saturated rings. The summed E-state index contributed by atoms with van der Waals surface area (Å²) < 4.78 is 55.5. The molecule has 0 spiro atoms. The van der Waals surface area contributed by atoms with Gasteiger partial charge < -0.3 is 9.64 Å². The van der Waals surface area contributed by atoms with E-state index in [1.54, 1.807) is 31.1 Å². The number of piperazine rings is 1. The molecule has 31 heavy (non-hydrogen) atoms. The number of sulfone groups is 1. The number of hydrogen-bond acceptors (Lipinski definition) is 7. The van der Waals surface area contributed by atoms with Gasteiger partial charge in [-0.2, -0.15) is 4.31 Å². The molecule has 1 aromatic carbocycles. The van der Waals surface area contributed by atoms with Crippen molar-refractivity contribution in [3.63, 3.8) is 0 Å². The fraction of sp³-hybridized carbons (Fsp3) is 0.500. The summed E-state index contributed by atoms with van der Waals surface area (Å²) in [4.78, 5) is 19.3.